The number of rotatable bonds is 0. The van der Waals surface area contributed by atoms with Gasteiger partial charge in [0.15, 0.2) is 35.7 Å². The molecule has 0 spiro atoms. The lowest BCUT2D eigenvalue weighted by atomic mass is 9.92. The van der Waals surface area contributed by atoms with E-state index >= 15 is 0 Å². The van der Waals surface area contributed by atoms with Crippen LogP contribution in [0.25, 0.3) is 22.0 Å². The number of halogens is 1. The van der Waals surface area contributed by atoms with E-state index < -0.39 is 0 Å². The van der Waals surface area contributed by atoms with Crippen LogP contribution in [-0.2, 0) is 13.0 Å². The molecule has 0 saturated heterocycles. The van der Waals surface area contributed by atoms with Crippen LogP contribution in [0.4, 0.5) is 0 Å². The zero-order valence-electron chi connectivity index (χ0n) is 12.9. The van der Waals surface area contributed by atoms with E-state index in [-0.39, 0.29) is 35.4 Å². The highest BCUT2D eigenvalue weighted by molar-refractivity contribution is 5.94. The molecule has 4 rings (SSSR count). The summed E-state index contributed by atoms with van der Waals surface area (Å²) < 4.78 is 2.01. The molecule has 0 bridgehead atoms. The summed E-state index contributed by atoms with van der Waals surface area (Å²) in [4.78, 5) is 0. The standard InChI is InChI=1S/C18H15NO4.ClH/c1-9-11-2-3-14(20)18(23)13(11)8-19-5-4-10-6-15(21)16(22)7-12(10)17(9)19;/h2-3,6-8H,4-5H2,1H3,(H3,20,21,22,23);1H. The van der Waals surface area contributed by atoms with Crippen LogP contribution in [0.15, 0.2) is 30.5 Å². The maximum Gasteiger partial charge on any atom is 0.216 e. The highest BCUT2D eigenvalue weighted by Gasteiger charge is 2.29. The summed E-state index contributed by atoms with van der Waals surface area (Å²) in [6, 6.07) is 6.43. The van der Waals surface area contributed by atoms with Crippen molar-refractivity contribution in [1.29, 1.82) is 0 Å². The number of fused-ring (bicyclic) bond motifs is 4. The summed E-state index contributed by atoms with van der Waals surface area (Å²) in [5.41, 5.74) is 3.74. The van der Waals surface area contributed by atoms with Crippen LogP contribution in [-0.4, -0.2) is 20.4 Å². The van der Waals surface area contributed by atoms with E-state index in [0.717, 1.165) is 27.8 Å². The maximum atomic E-state index is 10.1. The Bertz CT molecular complexity index is 985. The normalized spacial score (nSPS) is 12.4. The van der Waals surface area contributed by atoms with Crippen LogP contribution in [0.5, 0.6) is 23.0 Å². The lowest BCUT2D eigenvalue weighted by molar-refractivity contribution is -0.686. The Morgan fingerprint density at radius 2 is 1.62 bits per heavy atom. The van der Waals surface area contributed by atoms with Gasteiger partial charge in [-0.25, -0.2) is 0 Å². The van der Waals surface area contributed by atoms with E-state index in [1.165, 1.54) is 6.07 Å². The van der Waals surface area contributed by atoms with Crippen LogP contribution in [0, 0.1) is 6.92 Å². The average molecular weight is 346 g/mol. The molecule has 6 heteroatoms. The third kappa shape index (κ3) is 2.12. The number of aromatic nitrogens is 1. The molecular formula is C18H16ClNO4. The molecule has 2 aromatic carbocycles. The second-order valence-electron chi connectivity index (χ2n) is 5.94. The molecular weight excluding hydrogens is 330 g/mol. The Balaban J connectivity index is 0.00000169. The van der Waals surface area contributed by atoms with Gasteiger partial charge in [-0.05, 0) is 36.8 Å². The molecule has 0 atom stereocenters. The third-order valence-corrected chi connectivity index (χ3v) is 4.60. The molecule has 2 heterocycles. The number of pyridine rings is 1. The number of benzene rings is 2. The summed E-state index contributed by atoms with van der Waals surface area (Å²) in [6.45, 7) is 2.64. The van der Waals surface area contributed by atoms with Gasteiger partial charge in [-0.3, -0.25) is 0 Å². The Kier molecular flexibility index (Phi) is 3.68. The zero-order valence-corrected chi connectivity index (χ0v) is 13.7. The number of phenols is 4. The van der Waals surface area contributed by atoms with Gasteiger partial charge in [-0.15, -0.1) is 0 Å². The van der Waals surface area contributed by atoms with Crippen molar-refractivity contribution in [3.8, 4) is 34.3 Å². The van der Waals surface area contributed by atoms with Gasteiger partial charge in [0.25, 0.3) is 0 Å². The number of hydrogen-bond acceptors (Lipinski definition) is 4. The quantitative estimate of drug-likeness (QED) is 0.326. The Hall–Kier alpha value is -2.66. The molecule has 1 aromatic heterocycles. The van der Waals surface area contributed by atoms with Crippen molar-refractivity contribution in [2.24, 2.45) is 0 Å². The minimum atomic E-state index is -0.148. The van der Waals surface area contributed by atoms with E-state index in [9.17, 15) is 20.4 Å². The van der Waals surface area contributed by atoms with Gasteiger partial charge in [0.2, 0.25) is 5.69 Å². The fraction of sp³-hybridized carbons (Fsp3) is 0.167. The zero-order chi connectivity index (χ0) is 16.3. The smallest absolute Gasteiger partial charge is 0.216 e. The summed E-state index contributed by atoms with van der Waals surface area (Å²) in [5, 5.41) is 40.8. The van der Waals surface area contributed by atoms with E-state index in [1.807, 2.05) is 17.7 Å². The predicted molar refractivity (Wildman–Crippen MR) is 84.7 cm³/mol. The molecule has 0 radical (unpaired) electrons. The van der Waals surface area contributed by atoms with E-state index in [4.69, 9.17) is 0 Å². The molecule has 5 nitrogen and oxygen atoms in total. The van der Waals surface area contributed by atoms with Crippen LogP contribution in [0.2, 0.25) is 0 Å². The molecule has 1 aliphatic rings. The Morgan fingerprint density at radius 3 is 2.38 bits per heavy atom. The number of nitrogens with zero attached hydrogens (tertiary/aromatic N) is 1. The van der Waals surface area contributed by atoms with Gasteiger partial charge < -0.3 is 32.8 Å². The topological polar surface area (TPSA) is 84.8 Å². The molecule has 0 unspecified atom stereocenters. The molecule has 0 fully saturated rings. The molecule has 0 amide bonds. The second-order valence-corrected chi connectivity index (χ2v) is 5.94. The average Bonchev–Trinajstić information content (AvgIpc) is 2.52. The minimum absolute atomic E-state index is 0. The first-order valence-electron chi connectivity index (χ1n) is 7.40. The van der Waals surface area contributed by atoms with Crippen molar-refractivity contribution in [2.45, 2.75) is 19.9 Å². The first-order valence-corrected chi connectivity index (χ1v) is 7.40. The Labute approximate surface area is 144 Å². The molecule has 124 valence electrons. The lowest BCUT2D eigenvalue weighted by Crippen LogP contribution is -3.00. The lowest BCUT2D eigenvalue weighted by Gasteiger charge is -2.18. The molecule has 0 saturated carbocycles. The van der Waals surface area contributed by atoms with Gasteiger partial charge in [-0.1, -0.05) is 0 Å². The third-order valence-electron chi connectivity index (χ3n) is 4.60. The first-order chi connectivity index (χ1) is 11.0. The van der Waals surface area contributed by atoms with Crippen LogP contribution in [0.1, 0.15) is 11.1 Å². The minimum Gasteiger partial charge on any atom is -1.00 e. The van der Waals surface area contributed by atoms with Crippen molar-refractivity contribution < 1.29 is 37.4 Å². The number of phenolic OH excluding ortho intramolecular Hbond substituents is 4. The SMILES string of the molecule is Cc1c2[n+](cc3c(O)c(O)ccc13)CCc1cc(O)c(O)cc1-2.[Cl-]. The van der Waals surface area contributed by atoms with Crippen LogP contribution in [0.3, 0.4) is 0 Å². The largest absolute Gasteiger partial charge is 1.00 e. The molecule has 0 aliphatic carbocycles. The van der Waals surface area contributed by atoms with E-state index in [0.29, 0.717) is 18.4 Å². The monoisotopic (exact) mass is 345 g/mol. The fourth-order valence-corrected chi connectivity index (χ4v) is 3.44. The summed E-state index contributed by atoms with van der Waals surface area (Å²) >= 11 is 0. The van der Waals surface area contributed by atoms with E-state index in [2.05, 4.69) is 0 Å². The number of aromatic hydroxyl groups is 4. The van der Waals surface area contributed by atoms with Crippen LogP contribution >= 0.6 is 0 Å². The maximum absolute atomic E-state index is 10.1. The molecule has 4 N–H and O–H groups in total. The van der Waals surface area contributed by atoms with Crippen molar-refractivity contribution in [3.05, 3.63) is 41.6 Å². The van der Waals surface area contributed by atoms with E-state index in [1.54, 1.807) is 18.2 Å². The molecule has 24 heavy (non-hydrogen) atoms. The Morgan fingerprint density at radius 1 is 0.917 bits per heavy atom. The van der Waals surface area contributed by atoms with Gasteiger partial charge >= 0.3 is 0 Å². The number of hydrogen-bond donors (Lipinski definition) is 4. The van der Waals surface area contributed by atoms with Gasteiger partial charge in [0.1, 0.15) is 0 Å². The summed E-state index contributed by atoms with van der Waals surface area (Å²) in [6.07, 6.45) is 2.53. The second kappa shape index (κ2) is 5.46. The number of aryl methyl sites for hydroxylation is 3. The van der Waals surface area contributed by atoms with Gasteiger partial charge in [-0.2, -0.15) is 4.57 Å². The predicted octanol–water partition coefficient (Wildman–Crippen LogP) is -0.515. The highest BCUT2D eigenvalue weighted by Crippen LogP contribution is 2.40. The van der Waals surface area contributed by atoms with Crippen molar-refractivity contribution in [3.63, 3.8) is 0 Å². The molecule has 3 aromatic rings. The molecule has 1 aliphatic heterocycles. The van der Waals surface area contributed by atoms with Gasteiger partial charge in [0, 0.05) is 17.4 Å². The highest BCUT2D eigenvalue weighted by atomic mass is 35.5. The summed E-state index contributed by atoms with van der Waals surface area (Å²) in [5.74, 6) is -0.528. The fourth-order valence-electron chi connectivity index (χ4n) is 3.44. The van der Waals surface area contributed by atoms with Gasteiger partial charge in [0.05, 0.1) is 10.9 Å². The van der Waals surface area contributed by atoms with Crippen LogP contribution < -0.4 is 17.0 Å². The van der Waals surface area contributed by atoms with Crippen molar-refractivity contribution >= 4 is 10.8 Å². The van der Waals surface area contributed by atoms with Crippen molar-refractivity contribution in [1.82, 2.24) is 0 Å². The summed E-state index contributed by atoms with van der Waals surface area (Å²) in [7, 11) is 0. The van der Waals surface area contributed by atoms with Crippen molar-refractivity contribution in [2.75, 3.05) is 0 Å². The first kappa shape index (κ1) is 16.2.